The Balaban J connectivity index is 2.30. The molecule has 2 aromatic rings. The van der Waals surface area contributed by atoms with Gasteiger partial charge in [-0.2, -0.15) is 10.4 Å². The summed E-state index contributed by atoms with van der Waals surface area (Å²) >= 11 is 5.88. The van der Waals surface area contributed by atoms with E-state index in [4.69, 9.17) is 16.9 Å². The van der Waals surface area contributed by atoms with Crippen LogP contribution < -0.4 is 4.72 Å². The maximum absolute atomic E-state index is 12.5. The van der Waals surface area contributed by atoms with Gasteiger partial charge in [0.15, 0.2) is 5.82 Å². The Labute approximate surface area is 140 Å². The van der Waals surface area contributed by atoms with Gasteiger partial charge in [-0.1, -0.05) is 37.9 Å². The molecule has 0 saturated heterocycles. The topological polar surface area (TPSA) is 98.6 Å². The second-order valence-corrected chi connectivity index (χ2v) is 7.29. The van der Waals surface area contributed by atoms with Crippen molar-refractivity contribution in [2.75, 3.05) is 4.72 Å². The van der Waals surface area contributed by atoms with E-state index in [-0.39, 0.29) is 27.2 Å². The van der Waals surface area contributed by atoms with E-state index in [1.54, 1.807) is 6.07 Å². The molecule has 0 amide bonds. The average molecular weight is 353 g/mol. The summed E-state index contributed by atoms with van der Waals surface area (Å²) < 4.78 is 27.3. The van der Waals surface area contributed by atoms with Gasteiger partial charge in [-0.05, 0) is 24.5 Å². The molecule has 1 atom stereocenters. The van der Waals surface area contributed by atoms with Gasteiger partial charge < -0.3 is 0 Å². The minimum Gasteiger partial charge on any atom is -0.280 e. The normalized spacial score (nSPS) is 12.6. The number of aromatic nitrogens is 2. The van der Waals surface area contributed by atoms with Crippen LogP contribution >= 0.6 is 11.6 Å². The first-order valence-corrected chi connectivity index (χ1v) is 9.02. The van der Waals surface area contributed by atoms with E-state index < -0.39 is 10.0 Å². The largest absolute Gasteiger partial charge is 0.280 e. The predicted molar refractivity (Wildman–Crippen MR) is 88.9 cm³/mol. The van der Waals surface area contributed by atoms with Crippen molar-refractivity contribution >= 4 is 27.4 Å². The van der Waals surface area contributed by atoms with Gasteiger partial charge in [0.1, 0.15) is 11.0 Å². The molecule has 1 aromatic heterocycles. The van der Waals surface area contributed by atoms with Gasteiger partial charge in [0, 0.05) is 11.8 Å². The number of H-pyrrole nitrogens is 1. The summed E-state index contributed by atoms with van der Waals surface area (Å²) in [5.41, 5.74) is 0.771. The summed E-state index contributed by atoms with van der Waals surface area (Å²) in [5.74, 6) is 0.443. The molecule has 0 aliphatic heterocycles. The van der Waals surface area contributed by atoms with Crippen LogP contribution in [0.4, 0.5) is 5.82 Å². The van der Waals surface area contributed by atoms with E-state index in [0.717, 1.165) is 18.5 Å². The molecule has 0 saturated carbocycles. The van der Waals surface area contributed by atoms with Crippen molar-refractivity contribution < 1.29 is 8.42 Å². The Morgan fingerprint density at radius 3 is 2.87 bits per heavy atom. The van der Waals surface area contributed by atoms with Crippen molar-refractivity contribution in [3.63, 3.8) is 0 Å². The Bertz CT molecular complexity index is 839. The zero-order chi connectivity index (χ0) is 17.0. The number of nitrogens with one attached hydrogen (secondary N) is 2. The lowest BCUT2D eigenvalue weighted by atomic mass is 10.0. The van der Waals surface area contributed by atoms with Crippen molar-refractivity contribution in [2.24, 2.45) is 0 Å². The summed E-state index contributed by atoms with van der Waals surface area (Å²) in [4.78, 5) is -0.168. The third-order valence-corrected chi connectivity index (χ3v) is 5.18. The molecule has 8 heteroatoms. The predicted octanol–water partition coefficient (Wildman–Crippen LogP) is 3.64. The first-order valence-electron chi connectivity index (χ1n) is 7.15. The zero-order valence-corrected chi connectivity index (χ0v) is 14.4. The van der Waals surface area contributed by atoms with Crippen LogP contribution in [-0.2, 0) is 10.0 Å². The molecular weight excluding hydrogens is 336 g/mol. The summed E-state index contributed by atoms with van der Waals surface area (Å²) in [6.45, 7) is 4.12. The summed E-state index contributed by atoms with van der Waals surface area (Å²) in [6.07, 6.45) is 2.00. The number of nitriles is 1. The fourth-order valence-corrected chi connectivity index (χ4v) is 3.70. The molecule has 1 heterocycles. The highest BCUT2D eigenvalue weighted by molar-refractivity contribution is 7.92. The molecule has 0 aliphatic rings. The van der Waals surface area contributed by atoms with Crippen LogP contribution in [0.5, 0.6) is 0 Å². The molecule has 0 aliphatic carbocycles. The molecule has 23 heavy (non-hydrogen) atoms. The van der Waals surface area contributed by atoms with E-state index in [9.17, 15) is 8.42 Å². The van der Waals surface area contributed by atoms with Crippen molar-refractivity contribution in [3.8, 4) is 6.07 Å². The second-order valence-electron chi connectivity index (χ2n) is 5.23. The molecule has 0 radical (unpaired) electrons. The zero-order valence-electron chi connectivity index (χ0n) is 12.8. The number of nitrogens with zero attached hydrogens (tertiary/aromatic N) is 2. The summed E-state index contributed by atoms with van der Waals surface area (Å²) in [5, 5.41) is 16.0. The minimum absolute atomic E-state index is 0.0863. The van der Waals surface area contributed by atoms with Crippen molar-refractivity contribution in [2.45, 2.75) is 37.5 Å². The van der Waals surface area contributed by atoms with Crippen LogP contribution in [-0.4, -0.2) is 18.6 Å². The lowest BCUT2D eigenvalue weighted by Gasteiger charge is -2.08. The van der Waals surface area contributed by atoms with Crippen LogP contribution in [0.25, 0.3) is 0 Å². The molecule has 6 nitrogen and oxygen atoms in total. The average Bonchev–Trinajstić information content (AvgIpc) is 2.95. The molecule has 0 bridgehead atoms. The Hall–Kier alpha value is -2.04. The second kappa shape index (κ2) is 7.02. The molecule has 1 aromatic carbocycles. The van der Waals surface area contributed by atoms with Gasteiger partial charge in [0.25, 0.3) is 10.0 Å². The number of hydrogen-bond acceptors (Lipinski definition) is 4. The SMILES string of the molecule is CCCC(C)c1cc(NS(=O)(=O)c2cccc(Cl)c2C#N)n[nH]1. The fraction of sp³-hybridized carbons (Fsp3) is 0.333. The maximum Gasteiger partial charge on any atom is 0.264 e. The third kappa shape index (κ3) is 3.84. The Kier molecular flexibility index (Phi) is 5.29. The van der Waals surface area contributed by atoms with Gasteiger partial charge in [-0.15, -0.1) is 0 Å². The van der Waals surface area contributed by atoms with Crippen LogP contribution in [0.1, 0.15) is 43.9 Å². The fourth-order valence-electron chi connectivity index (χ4n) is 2.26. The van der Waals surface area contributed by atoms with E-state index >= 15 is 0 Å². The van der Waals surface area contributed by atoms with Gasteiger partial charge in [-0.25, -0.2) is 8.42 Å². The quantitative estimate of drug-likeness (QED) is 0.829. The van der Waals surface area contributed by atoms with Gasteiger partial charge in [0.2, 0.25) is 0 Å². The standard InChI is InChI=1S/C15H17ClN4O2S/c1-3-5-10(2)13-8-15(19-18-13)20-23(21,22)14-7-4-6-12(16)11(14)9-17/h4,6-8,10H,3,5H2,1-2H3,(H2,18,19,20). The van der Waals surface area contributed by atoms with Gasteiger partial charge >= 0.3 is 0 Å². The molecule has 2 rings (SSSR count). The Morgan fingerprint density at radius 2 is 2.22 bits per heavy atom. The monoisotopic (exact) mass is 352 g/mol. The molecular formula is C15H17ClN4O2S. The van der Waals surface area contributed by atoms with Crippen molar-refractivity contribution in [1.82, 2.24) is 10.2 Å². The third-order valence-electron chi connectivity index (χ3n) is 3.47. The van der Waals surface area contributed by atoms with E-state index in [0.29, 0.717) is 0 Å². The number of halogens is 1. The summed E-state index contributed by atoms with van der Waals surface area (Å²) in [6, 6.07) is 7.76. The number of benzene rings is 1. The van der Waals surface area contributed by atoms with E-state index in [1.165, 1.54) is 18.2 Å². The molecule has 2 N–H and O–H groups in total. The van der Waals surface area contributed by atoms with Crippen LogP contribution in [0.15, 0.2) is 29.2 Å². The molecule has 1 unspecified atom stereocenters. The molecule has 0 spiro atoms. The lowest BCUT2D eigenvalue weighted by molar-refractivity contribution is 0.600. The van der Waals surface area contributed by atoms with Crippen LogP contribution in [0.2, 0.25) is 5.02 Å². The molecule has 122 valence electrons. The van der Waals surface area contributed by atoms with E-state index in [1.807, 2.05) is 13.0 Å². The number of sulfonamides is 1. The van der Waals surface area contributed by atoms with Gasteiger partial charge in [0.05, 0.1) is 10.6 Å². The summed E-state index contributed by atoms with van der Waals surface area (Å²) in [7, 11) is -3.94. The van der Waals surface area contributed by atoms with Crippen LogP contribution in [0, 0.1) is 11.3 Å². The minimum atomic E-state index is -3.94. The number of hydrogen-bond donors (Lipinski definition) is 2. The first kappa shape index (κ1) is 17.3. The van der Waals surface area contributed by atoms with E-state index in [2.05, 4.69) is 21.8 Å². The van der Waals surface area contributed by atoms with Crippen molar-refractivity contribution in [1.29, 1.82) is 5.26 Å². The highest BCUT2D eigenvalue weighted by atomic mass is 35.5. The van der Waals surface area contributed by atoms with Crippen molar-refractivity contribution in [3.05, 3.63) is 40.5 Å². The number of rotatable bonds is 6. The first-order chi connectivity index (χ1) is 10.9. The molecule has 0 fully saturated rings. The Morgan fingerprint density at radius 1 is 1.48 bits per heavy atom. The number of anilines is 1. The van der Waals surface area contributed by atoms with Crippen LogP contribution in [0.3, 0.4) is 0 Å². The lowest BCUT2D eigenvalue weighted by Crippen LogP contribution is -2.14. The highest BCUT2D eigenvalue weighted by Crippen LogP contribution is 2.26. The smallest absolute Gasteiger partial charge is 0.264 e. The number of aromatic amines is 1. The maximum atomic E-state index is 12.5. The highest BCUT2D eigenvalue weighted by Gasteiger charge is 2.22. The van der Waals surface area contributed by atoms with Gasteiger partial charge in [-0.3, -0.25) is 9.82 Å².